The normalized spacial score (nSPS) is 21.8. The molecule has 3 atom stereocenters. The second-order valence-corrected chi connectivity index (χ2v) is 15.0. The van der Waals surface area contributed by atoms with Gasteiger partial charge in [-0.1, -0.05) is 0 Å². The Labute approximate surface area is 219 Å². The van der Waals surface area contributed by atoms with E-state index >= 15 is 0 Å². The fourth-order valence-electron chi connectivity index (χ4n) is 4.53. The van der Waals surface area contributed by atoms with E-state index in [2.05, 4.69) is 20.2 Å². The first-order valence-electron chi connectivity index (χ1n) is 11.3. The summed E-state index contributed by atoms with van der Waals surface area (Å²) in [6.45, 7) is 3.62. The van der Waals surface area contributed by atoms with Crippen LogP contribution < -0.4 is 5.09 Å². The summed E-state index contributed by atoms with van der Waals surface area (Å²) < 4.78 is 89.9. The number of rotatable bonds is 6. The van der Waals surface area contributed by atoms with Crippen molar-refractivity contribution in [2.45, 2.75) is 44.3 Å². The molecule has 1 aliphatic heterocycles. The zero-order valence-electron chi connectivity index (χ0n) is 20.8. The van der Waals surface area contributed by atoms with Gasteiger partial charge < -0.3 is 0 Å². The molecule has 1 heterocycles. The van der Waals surface area contributed by atoms with E-state index < -0.39 is 53.5 Å². The zero-order chi connectivity index (χ0) is 27.9. The van der Waals surface area contributed by atoms with Gasteiger partial charge in [-0.2, -0.15) is 0 Å². The number of carbonyl (C=O) groups is 1. The first-order valence-corrected chi connectivity index (χ1v) is 15.2. The average molecular weight is 614 g/mol. The van der Waals surface area contributed by atoms with Gasteiger partial charge in [-0.3, -0.25) is 0 Å². The number of nitrogens with zero attached hydrogens (tertiary/aromatic N) is 2. The Hall–Kier alpha value is -1.68. The predicted octanol–water partition coefficient (Wildman–Crippen LogP) is 6.02. The van der Waals surface area contributed by atoms with Crippen molar-refractivity contribution in [3.63, 3.8) is 0 Å². The topological polar surface area (TPSA) is 44.8 Å². The first kappa shape index (κ1) is 29.9. The van der Waals surface area contributed by atoms with E-state index in [0.717, 1.165) is 24.3 Å². The van der Waals surface area contributed by atoms with Crippen molar-refractivity contribution in [1.82, 2.24) is 14.4 Å². The molecule has 2 aromatic rings. The molecule has 0 aromatic heterocycles. The van der Waals surface area contributed by atoms with Crippen molar-refractivity contribution < 1.29 is 35.9 Å². The van der Waals surface area contributed by atoms with Crippen molar-refractivity contribution in [3.8, 4) is 0 Å². The molecule has 0 spiro atoms. The quantitative estimate of drug-likeness (QED) is 0.187. The number of methoxy groups -OCH3 is 1. The molecule has 1 saturated heterocycles. The van der Waals surface area contributed by atoms with Crippen LogP contribution in [0.5, 0.6) is 0 Å². The van der Waals surface area contributed by atoms with Crippen LogP contribution in [0.15, 0.2) is 48.5 Å². The molecule has 0 saturated carbocycles. The number of nitrogens with one attached hydrogen (secondary N) is 1. The summed E-state index contributed by atoms with van der Waals surface area (Å²) in [5, 5.41) is 3.32. The van der Waals surface area contributed by atoms with Gasteiger partial charge in [0, 0.05) is 0 Å². The molecule has 0 amide bonds. The van der Waals surface area contributed by atoms with Crippen LogP contribution in [-0.4, -0.2) is 57.7 Å². The molecule has 0 unspecified atom stereocenters. The molecule has 5 nitrogen and oxygen atoms in total. The van der Waals surface area contributed by atoms with E-state index in [1.807, 2.05) is 13.8 Å². The van der Waals surface area contributed by atoms with Gasteiger partial charge in [0.1, 0.15) is 0 Å². The van der Waals surface area contributed by atoms with Gasteiger partial charge in [0.25, 0.3) is 0 Å². The third-order valence-electron chi connectivity index (χ3n) is 6.50. The Morgan fingerprint density at radius 1 is 0.919 bits per heavy atom. The Kier molecular flexibility index (Phi) is 8.74. The second kappa shape index (κ2) is 10.8. The minimum atomic E-state index is -4.60. The number of hydrogen-bond acceptors (Lipinski definition) is 5. The fourth-order valence-corrected chi connectivity index (χ4v) is 9.29. The Balaban J connectivity index is 2.21. The molecule has 1 aliphatic rings. The summed E-state index contributed by atoms with van der Waals surface area (Å²) in [5.74, 6) is -3.54. The molecule has 204 valence electrons. The van der Waals surface area contributed by atoms with Crippen LogP contribution in [0.2, 0.25) is 0 Å². The van der Waals surface area contributed by atoms with Crippen molar-refractivity contribution in [2.75, 3.05) is 21.2 Å². The van der Waals surface area contributed by atoms with Gasteiger partial charge in [0.05, 0.1) is 0 Å². The molecule has 2 aromatic carbocycles. The second-order valence-electron chi connectivity index (χ2n) is 9.20. The Bertz CT molecular complexity index is 1120. The Morgan fingerprint density at radius 3 is 1.65 bits per heavy atom. The van der Waals surface area contributed by atoms with Crippen LogP contribution >= 0.6 is 5.96 Å². The summed E-state index contributed by atoms with van der Waals surface area (Å²) in [6.07, 6.45) is -9.19. The molecule has 3 rings (SSSR count). The fraction of sp³-hybridized carbons (Fsp3) is 0.458. The number of alkyl halides is 6. The molecule has 0 bridgehead atoms. The number of halogens is 6. The van der Waals surface area contributed by atoms with Gasteiger partial charge in [-0.15, -0.1) is 0 Å². The van der Waals surface area contributed by atoms with Crippen LogP contribution in [0.25, 0.3) is 0 Å². The number of ether oxygens (including phenoxy) is 1. The molecule has 37 heavy (non-hydrogen) atoms. The van der Waals surface area contributed by atoms with E-state index in [9.17, 15) is 31.1 Å². The van der Waals surface area contributed by atoms with Crippen molar-refractivity contribution >= 4 is 27.0 Å². The monoisotopic (exact) mass is 615 g/mol. The van der Waals surface area contributed by atoms with Gasteiger partial charge in [-0.25, -0.2) is 0 Å². The van der Waals surface area contributed by atoms with Crippen LogP contribution in [0.4, 0.5) is 26.3 Å². The molecule has 1 N–H and O–H groups in total. The van der Waals surface area contributed by atoms with E-state index in [1.165, 1.54) is 31.4 Å². The molecular formula is C24H28F6N3O2PSe. The van der Waals surface area contributed by atoms with Gasteiger partial charge >= 0.3 is 220 Å². The summed E-state index contributed by atoms with van der Waals surface area (Å²) in [4.78, 5) is 12.5. The molecule has 0 aliphatic carbocycles. The van der Waals surface area contributed by atoms with Crippen LogP contribution in [-0.2, 0) is 21.9 Å². The van der Waals surface area contributed by atoms with Gasteiger partial charge in [0.15, 0.2) is 0 Å². The van der Waals surface area contributed by atoms with Crippen LogP contribution in [0, 0.1) is 5.92 Å². The standard InChI is InChI=1S/C24H28F6N3O2PSe/c1-14(2)19(22(34)35-5)31-36(37)32(3)20(15-8-6-10-17(12-15)23(25,26)27)21(33(36)4)16-9-7-11-18(13-16)24(28,29)30/h6-14,19-21H,1-5H3,(H,31,37)/t19-,20+,21+/m1/s1. The van der Waals surface area contributed by atoms with Crippen LogP contribution in [0.1, 0.15) is 48.2 Å². The maximum absolute atomic E-state index is 13.6. The van der Waals surface area contributed by atoms with Crippen molar-refractivity contribution in [2.24, 2.45) is 5.92 Å². The average Bonchev–Trinajstić information content (AvgIpc) is 3.02. The van der Waals surface area contributed by atoms with Gasteiger partial charge in [0.2, 0.25) is 0 Å². The summed E-state index contributed by atoms with van der Waals surface area (Å²) >= 11 is 3.11. The molecule has 1 fully saturated rings. The summed E-state index contributed by atoms with van der Waals surface area (Å²) in [6, 6.07) is 7.24. The van der Waals surface area contributed by atoms with Gasteiger partial charge in [-0.05, 0) is 0 Å². The van der Waals surface area contributed by atoms with Crippen molar-refractivity contribution in [1.29, 1.82) is 0 Å². The van der Waals surface area contributed by atoms with E-state index in [0.29, 0.717) is 0 Å². The number of hydrogen-bond donors (Lipinski definition) is 1. The predicted molar refractivity (Wildman–Crippen MR) is 130 cm³/mol. The Morgan fingerprint density at radius 2 is 1.32 bits per heavy atom. The number of benzene rings is 2. The van der Waals surface area contributed by atoms with Crippen LogP contribution in [0.3, 0.4) is 0 Å². The van der Waals surface area contributed by atoms with E-state index in [4.69, 9.17) is 4.74 Å². The SMILES string of the molecule is COC(=O)[C@H](NP1(=[Se])N(C)[C@@H](c2cccc(C(F)(F)F)c2)[C@H](c2cccc(C(F)(F)F)c2)N1C)C(C)C. The summed E-state index contributed by atoms with van der Waals surface area (Å²) in [7, 11) is 4.62. The molecular weight excluding hydrogens is 586 g/mol. The first-order chi connectivity index (χ1) is 17.0. The van der Waals surface area contributed by atoms with E-state index in [1.54, 1.807) is 23.4 Å². The summed E-state index contributed by atoms with van der Waals surface area (Å²) in [5.41, 5.74) is -1.15. The maximum atomic E-state index is 13.6. The molecule has 0 radical (unpaired) electrons. The van der Waals surface area contributed by atoms with Crippen molar-refractivity contribution in [3.05, 3.63) is 70.8 Å². The third-order valence-corrected chi connectivity index (χ3v) is 13.2. The molecule has 13 heteroatoms. The third kappa shape index (κ3) is 6.00. The minimum absolute atomic E-state index is 0.209. The van der Waals surface area contributed by atoms with E-state index in [-0.39, 0.29) is 17.0 Å². The number of carbonyl (C=O) groups excluding carboxylic acids is 1. The zero-order valence-corrected chi connectivity index (χ0v) is 23.4. The number of esters is 1. The number of likely N-dealkylation sites (N-methyl/N-ethyl adjacent to an activating group) is 2.